The first-order valence-corrected chi connectivity index (χ1v) is 15.2. The Morgan fingerprint density at radius 1 is 0.837 bits per heavy atom. The average Bonchev–Trinajstić information content (AvgIpc) is 3.02. The third kappa shape index (κ3) is 8.25. The second-order valence-corrected chi connectivity index (χ2v) is 11.1. The van der Waals surface area contributed by atoms with Gasteiger partial charge in [0.05, 0.1) is 52.0 Å². The van der Waals surface area contributed by atoms with Crippen molar-refractivity contribution in [1.29, 1.82) is 0 Å². The molecule has 5 rings (SSSR count). The lowest BCUT2D eigenvalue weighted by Gasteiger charge is -2.31. The van der Waals surface area contributed by atoms with E-state index in [2.05, 4.69) is 15.1 Å². The molecule has 1 amide bonds. The molecule has 2 aliphatic heterocycles. The summed E-state index contributed by atoms with van der Waals surface area (Å²) < 4.78 is 29.5. The molecule has 3 aromatic rings. The number of anilines is 2. The number of benzene rings is 3. The molecule has 0 bridgehead atoms. The highest BCUT2D eigenvalue weighted by Gasteiger charge is 2.22. The van der Waals surface area contributed by atoms with Gasteiger partial charge in [-0.2, -0.15) is 0 Å². The van der Waals surface area contributed by atoms with E-state index in [0.717, 1.165) is 68.1 Å². The fraction of sp³-hybridized carbons (Fsp3) is 0.424. The topological polar surface area (TPSA) is 81.7 Å². The molecule has 0 aliphatic carbocycles. The highest BCUT2D eigenvalue weighted by molar-refractivity contribution is 6.31. The van der Waals surface area contributed by atoms with Gasteiger partial charge in [-0.25, -0.2) is 0 Å². The Kier molecular flexibility index (Phi) is 10.9. The molecule has 0 atom stereocenters. The standard InChI is InChI=1S/C33H40ClN3O6/c1-39-31-21-27(37-14-17-41-18-15-37)32(40-2)19-24(31)22-36-13-7-3-4-8-16-42-29-9-5-6-10-30(29)43-28-12-11-25(34)20-26(28)35-33(38)23-36/h5-6,9-12,19-21H,3-4,7-8,13-18,22-23H2,1-2H3,(H,35,38). The van der Waals surface area contributed by atoms with E-state index >= 15 is 0 Å². The van der Waals surface area contributed by atoms with Crippen LogP contribution in [0.15, 0.2) is 54.6 Å². The van der Waals surface area contributed by atoms with Crippen LogP contribution >= 0.6 is 11.6 Å². The van der Waals surface area contributed by atoms with Crippen molar-refractivity contribution in [2.75, 3.05) is 70.4 Å². The summed E-state index contributed by atoms with van der Waals surface area (Å²) >= 11 is 6.33. The average molecular weight is 610 g/mol. The first-order valence-electron chi connectivity index (χ1n) is 14.8. The fourth-order valence-electron chi connectivity index (χ4n) is 5.40. The van der Waals surface area contributed by atoms with Crippen LogP contribution in [-0.4, -0.2) is 71.0 Å². The first-order chi connectivity index (χ1) is 21.0. The smallest absolute Gasteiger partial charge is 0.238 e. The van der Waals surface area contributed by atoms with Crippen LogP contribution in [-0.2, 0) is 16.1 Å². The molecule has 2 heterocycles. The van der Waals surface area contributed by atoms with Crippen molar-refractivity contribution < 1.29 is 28.5 Å². The van der Waals surface area contributed by atoms with Crippen molar-refractivity contribution >= 4 is 28.9 Å². The van der Waals surface area contributed by atoms with Gasteiger partial charge in [0.1, 0.15) is 11.5 Å². The van der Waals surface area contributed by atoms with Gasteiger partial charge in [0, 0.05) is 36.3 Å². The highest BCUT2D eigenvalue weighted by atomic mass is 35.5. The number of nitrogens with zero attached hydrogens (tertiary/aromatic N) is 2. The Morgan fingerprint density at radius 3 is 2.40 bits per heavy atom. The number of morpholine rings is 1. The van der Waals surface area contributed by atoms with Crippen molar-refractivity contribution in [2.24, 2.45) is 0 Å². The summed E-state index contributed by atoms with van der Waals surface area (Å²) in [4.78, 5) is 17.9. The van der Waals surface area contributed by atoms with Crippen LogP contribution in [0.1, 0.15) is 31.2 Å². The molecule has 0 radical (unpaired) electrons. The number of para-hydroxylation sites is 2. The van der Waals surface area contributed by atoms with Crippen LogP contribution in [0.25, 0.3) is 0 Å². The maximum absolute atomic E-state index is 13.5. The van der Waals surface area contributed by atoms with E-state index in [9.17, 15) is 4.79 Å². The molecule has 0 spiro atoms. The summed E-state index contributed by atoms with van der Waals surface area (Å²) in [7, 11) is 3.36. The van der Waals surface area contributed by atoms with E-state index in [-0.39, 0.29) is 12.5 Å². The van der Waals surface area contributed by atoms with Crippen LogP contribution in [0.3, 0.4) is 0 Å². The van der Waals surface area contributed by atoms with E-state index in [1.54, 1.807) is 32.4 Å². The number of methoxy groups -OCH3 is 2. The van der Waals surface area contributed by atoms with Gasteiger partial charge in [-0.15, -0.1) is 0 Å². The number of hydrogen-bond donors (Lipinski definition) is 1. The second kappa shape index (κ2) is 15.2. The van der Waals surface area contributed by atoms with Gasteiger partial charge in [-0.05, 0) is 55.8 Å². The third-order valence-corrected chi connectivity index (χ3v) is 7.84. The Bertz CT molecular complexity index is 1380. The molecule has 9 nitrogen and oxygen atoms in total. The first kappa shape index (κ1) is 30.8. The van der Waals surface area contributed by atoms with Gasteiger partial charge in [-0.1, -0.05) is 36.6 Å². The van der Waals surface area contributed by atoms with E-state index in [4.69, 9.17) is 35.3 Å². The van der Waals surface area contributed by atoms with Crippen molar-refractivity contribution in [3.63, 3.8) is 0 Å². The van der Waals surface area contributed by atoms with Gasteiger partial charge >= 0.3 is 0 Å². The number of halogens is 1. The van der Waals surface area contributed by atoms with Gasteiger partial charge in [0.15, 0.2) is 17.2 Å². The minimum Gasteiger partial charge on any atom is -0.496 e. The quantitative estimate of drug-likeness (QED) is 0.357. The summed E-state index contributed by atoms with van der Waals surface area (Å²) in [6.07, 6.45) is 3.92. The monoisotopic (exact) mass is 609 g/mol. The van der Waals surface area contributed by atoms with Crippen molar-refractivity contribution in [3.8, 4) is 28.7 Å². The lowest BCUT2D eigenvalue weighted by atomic mass is 10.1. The molecule has 10 heteroatoms. The minimum absolute atomic E-state index is 0.167. The summed E-state index contributed by atoms with van der Waals surface area (Å²) in [5, 5.41) is 3.52. The largest absolute Gasteiger partial charge is 0.496 e. The Hall–Kier alpha value is -3.66. The number of nitrogens with one attached hydrogen (secondary N) is 1. The van der Waals surface area contributed by atoms with Gasteiger partial charge in [0.2, 0.25) is 5.91 Å². The van der Waals surface area contributed by atoms with Crippen LogP contribution in [0.2, 0.25) is 5.02 Å². The normalized spacial score (nSPS) is 17.1. The number of ether oxygens (including phenoxy) is 5. The fourth-order valence-corrected chi connectivity index (χ4v) is 5.57. The lowest BCUT2D eigenvalue weighted by molar-refractivity contribution is -0.117. The predicted octanol–water partition coefficient (Wildman–Crippen LogP) is 6.38. The zero-order chi connectivity index (χ0) is 30.0. The van der Waals surface area contributed by atoms with E-state index in [0.29, 0.717) is 54.3 Å². The molecule has 1 fully saturated rings. The SMILES string of the molecule is COc1cc(N2CCOCC2)c(OC)cc1CN1CCCCCCOc2ccccc2Oc2ccc(Cl)cc2NC(=O)C1. The van der Waals surface area contributed by atoms with Crippen LogP contribution in [0.5, 0.6) is 28.7 Å². The summed E-state index contributed by atoms with van der Waals surface area (Å²) in [5.74, 6) is 3.10. The zero-order valence-corrected chi connectivity index (χ0v) is 25.7. The van der Waals surface area contributed by atoms with Gasteiger partial charge in [-0.3, -0.25) is 9.69 Å². The maximum Gasteiger partial charge on any atom is 0.238 e. The molecular formula is C33H40ClN3O6. The van der Waals surface area contributed by atoms with Crippen molar-refractivity contribution in [2.45, 2.75) is 32.2 Å². The van der Waals surface area contributed by atoms with E-state index < -0.39 is 0 Å². The Morgan fingerprint density at radius 2 is 1.60 bits per heavy atom. The molecule has 0 saturated carbocycles. The van der Waals surface area contributed by atoms with Crippen LogP contribution in [0.4, 0.5) is 11.4 Å². The second-order valence-electron chi connectivity index (χ2n) is 10.6. The number of amides is 1. The minimum atomic E-state index is -0.167. The van der Waals surface area contributed by atoms with E-state index in [1.165, 1.54) is 0 Å². The Labute approximate surface area is 258 Å². The Balaban J connectivity index is 1.39. The molecule has 1 N–H and O–H groups in total. The zero-order valence-electron chi connectivity index (χ0n) is 24.9. The van der Waals surface area contributed by atoms with Crippen LogP contribution < -0.4 is 29.2 Å². The number of carbonyl (C=O) groups is 1. The summed E-state index contributed by atoms with van der Waals surface area (Å²) in [6, 6.07) is 16.8. The van der Waals surface area contributed by atoms with Crippen LogP contribution in [0, 0.1) is 0 Å². The molecule has 0 aromatic heterocycles. The molecule has 3 aromatic carbocycles. The summed E-state index contributed by atoms with van der Waals surface area (Å²) in [6.45, 7) is 4.97. The van der Waals surface area contributed by atoms with E-state index in [1.807, 2.05) is 36.4 Å². The molecule has 230 valence electrons. The number of rotatable bonds is 5. The number of hydrogen-bond acceptors (Lipinski definition) is 8. The lowest BCUT2D eigenvalue weighted by Crippen LogP contribution is -2.36. The van der Waals surface area contributed by atoms with Gasteiger partial charge in [0.25, 0.3) is 0 Å². The molecule has 1 saturated heterocycles. The third-order valence-electron chi connectivity index (χ3n) is 7.61. The predicted molar refractivity (Wildman–Crippen MR) is 168 cm³/mol. The number of carbonyl (C=O) groups excluding carboxylic acids is 1. The molecule has 0 unspecified atom stereocenters. The number of fused-ring (bicyclic) bond motifs is 2. The molecule has 2 aliphatic rings. The van der Waals surface area contributed by atoms with Crippen molar-refractivity contribution in [3.05, 3.63) is 65.2 Å². The molecule has 43 heavy (non-hydrogen) atoms. The highest BCUT2D eigenvalue weighted by Crippen LogP contribution is 2.38. The van der Waals surface area contributed by atoms with Crippen molar-refractivity contribution in [1.82, 2.24) is 4.90 Å². The summed E-state index contributed by atoms with van der Waals surface area (Å²) in [5.41, 5.74) is 2.43. The maximum atomic E-state index is 13.5. The molecular weight excluding hydrogens is 570 g/mol. The van der Waals surface area contributed by atoms with Gasteiger partial charge < -0.3 is 33.9 Å².